The Morgan fingerprint density at radius 2 is 1.67 bits per heavy atom. The first-order valence-electron chi connectivity index (χ1n) is 15.8. The van der Waals surface area contributed by atoms with E-state index in [1.165, 1.54) is 64.0 Å². The first kappa shape index (κ1) is 36.9. The molecule has 6 heteroatoms. The number of aromatic amines is 1. The number of carbonyl (C=O) groups excluding carboxylic acids is 1. The first-order chi connectivity index (χ1) is 18.9. The summed E-state index contributed by atoms with van der Waals surface area (Å²) in [4.78, 5) is 15.4. The van der Waals surface area contributed by atoms with Crippen LogP contribution in [0.5, 0.6) is 0 Å². The minimum absolute atomic E-state index is 0.00877. The number of H-pyrrole nitrogens is 1. The van der Waals surface area contributed by atoms with E-state index in [1.807, 2.05) is 40.0 Å². The minimum Gasteiger partial charge on any atom is -0.463 e. The van der Waals surface area contributed by atoms with Crippen molar-refractivity contribution < 1.29 is 14.3 Å². The molecule has 39 heavy (non-hydrogen) atoms. The van der Waals surface area contributed by atoms with Crippen LogP contribution < -0.4 is 5.32 Å². The fourth-order valence-corrected chi connectivity index (χ4v) is 4.28. The van der Waals surface area contributed by atoms with Crippen molar-refractivity contribution in [2.24, 2.45) is 5.92 Å². The molecule has 3 N–H and O–H groups in total. The van der Waals surface area contributed by atoms with E-state index in [0.717, 1.165) is 49.2 Å². The average Bonchev–Trinajstić information content (AvgIpc) is 3.65. The molecule has 3 atom stereocenters. The fraction of sp³-hybridized carbons (Fsp3) is 0.758. The molecule has 0 bridgehead atoms. The molecule has 6 nitrogen and oxygen atoms in total. The summed E-state index contributed by atoms with van der Waals surface area (Å²) in [6, 6.07) is 4.06. The van der Waals surface area contributed by atoms with E-state index in [9.17, 15) is 4.79 Å². The summed E-state index contributed by atoms with van der Waals surface area (Å²) in [6.45, 7) is 14.7. The van der Waals surface area contributed by atoms with Crippen LogP contribution in [0.3, 0.4) is 0 Å². The van der Waals surface area contributed by atoms with E-state index in [1.54, 1.807) is 0 Å². The van der Waals surface area contributed by atoms with Gasteiger partial charge in [0, 0.05) is 19.2 Å². The molecule has 1 aliphatic rings. The molecular weight excluding hydrogens is 486 g/mol. The Labute approximate surface area is 240 Å². The van der Waals surface area contributed by atoms with Crippen LogP contribution in [0.25, 0.3) is 5.70 Å². The molecule has 0 radical (unpaired) electrons. The standard InChI is InChI=1S/C26H44N2O3.C5H11N.C2H6/c1-4-5-6-7-8-9-10-11-12-13-14-15-26(29)30-20-22-16-19-25(31-22)24-18-17-23(28-24)21(2)27-3;1-3-5(2)4-6;1-2/h17-18,22,25,27-28H,2,4-16,19-20H2,1,3H3;4-6H,3H2,1-2H3;1-2H3. The highest BCUT2D eigenvalue weighted by molar-refractivity contribution is 5.69. The second-order valence-corrected chi connectivity index (χ2v) is 10.4. The van der Waals surface area contributed by atoms with Gasteiger partial charge in [-0.2, -0.15) is 0 Å². The van der Waals surface area contributed by atoms with Crippen molar-refractivity contribution in [3.05, 3.63) is 30.1 Å². The molecular formula is C33H61N3O3. The molecule has 3 unspecified atom stereocenters. The van der Waals surface area contributed by atoms with Crippen LogP contribution in [-0.2, 0) is 14.3 Å². The summed E-state index contributed by atoms with van der Waals surface area (Å²) in [5, 5.41) is 9.73. The summed E-state index contributed by atoms with van der Waals surface area (Å²) in [5.74, 6) is 0.389. The van der Waals surface area contributed by atoms with Gasteiger partial charge in [0.2, 0.25) is 0 Å². The lowest BCUT2D eigenvalue weighted by atomic mass is 10.1. The van der Waals surface area contributed by atoms with E-state index in [-0.39, 0.29) is 18.2 Å². The number of nitrogens with one attached hydrogen (secondary N) is 3. The van der Waals surface area contributed by atoms with Crippen LogP contribution in [0.15, 0.2) is 18.7 Å². The highest BCUT2D eigenvalue weighted by Crippen LogP contribution is 2.32. The van der Waals surface area contributed by atoms with Crippen molar-refractivity contribution in [1.82, 2.24) is 10.3 Å². The molecule has 2 heterocycles. The van der Waals surface area contributed by atoms with Gasteiger partial charge in [0.05, 0.1) is 23.6 Å². The Kier molecular flexibility index (Phi) is 23.6. The van der Waals surface area contributed by atoms with Gasteiger partial charge in [-0.05, 0) is 49.9 Å². The predicted molar refractivity (Wildman–Crippen MR) is 167 cm³/mol. The zero-order valence-electron chi connectivity index (χ0n) is 26.2. The smallest absolute Gasteiger partial charge is 0.305 e. The highest BCUT2D eigenvalue weighted by atomic mass is 16.6. The predicted octanol–water partition coefficient (Wildman–Crippen LogP) is 9.38. The molecule has 0 spiro atoms. The van der Waals surface area contributed by atoms with E-state index < -0.39 is 0 Å². The van der Waals surface area contributed by atoms with Crippen LogP contribution in [0, 0.1) is 11.3 Å². The number of carbonyl (C=O) groups is 1. The summed E-state index contributed by atoms with van der Waals surface area (Å²) in [7, 11) is 1.86. The second kappa shape index (κ2) is 24.9. The van der Waals surface area contributed by atoms with Crippen molar-refractivity contribution >= 4 is 17.9 Å². The van der Waals surface area contributed by atoms with Crippen LogP contribution >= 0.6 is 0 Å². The molecule has 1 aliphatic heterocycles. The van der Waals surface area contributed by atoms with E-state index >= 15 is 0 Å². The quantitative estimate of drug-likeness (QED) is 0.0914. The number of hydrogen-bond acceptors (Lipinski definition) is 5. The third kappa shape index (κ3) is 18.0. The van der Waals surface area contributed by atoms with Crippen molar-refractivity contribution in [1.29, 1.82) is 5.41 Å². The average molecular weight is 548 g/mol. The maximum absolute atomic E-state index is 12.0. The van der Waals surface area contributed by atoms with Crippen molar-refractivity contribution in [2.75, 3.05) is 13.7 Å². The lowest BCUT2D eigenvalue weighted by Gasteiger charge is -2.13. The van der Waals surface area contributed by atoms with Crippen LogP contribution in [0.4, 0.5) is 0 Å². The van der Waals surface area contributed by atoms with E-state index in [0.29, 0.717) is 18.9 Å². The molecule has 1 aromatic rings. The van der Waals surface area contributed by atoms with Gasteiger partial charge in [-0.3, -0.25) is 4.79 Å². The lowest BCUT2D eigenvalue weighted by Crippen LogP contribution is -2.18. The van der Waals surface area contributed by atoms with Gasteiger partial charge in [-0.25, -0.2) is 0 Å². The maximum atomic E-state index is 12.0. The fourth-order valence-electron chi connectivity index (χ4n) is 4.28. The third-order valence-corrected chi connectivity index (χ3v) is 7.13. The summed E-state index contributed by atoms with van der Waals surface area (Å²) in [6.07, 6.45) is 19.1. The topological polar surface area (TPSA) is 87.2 Å². The molecule has 0 aliphatic carbocycles. The monoisotopic (exact) mass is 547 g/mol. The Morgan fingerprint density at radius 1 is 1.08 bits per heavy atom. The molecule has 0 aromatic carbocycles. The highest BCUT2D eigenvalue weighted by Gasteiger charge is 2.28. The molecule has 226 valence electrons. The number of esters is 1. The lowest BCUT2D eigenvalue weighted by molar-refractivity contribution is -0.147. The van der Waals surface area contributed by atoms with Crippen molar-refractivity contribution in [2.45, 2.75) is 143 Å². The zero-order valence-corrected chi connectivity index (χ0v) is 26.2. The SMILES string of the molecule is C=C(NC)c1ccc(C2CCC(COC(=O)CCCCCCCCCCCCC)O2)[nH]1.CC.CCC(C)C=N. The Balaban J connectivity index is 0.00000159. The summed E-state index contributed by atoms with van der Waals surface area (Å²) >= 11 is 0. The van der Waals surface area contributed by atoms with Crippen LogP contribution in [0.1, 0.15) is 148 Å². The zero-order chi connectivity index (χ0) is 29.3. The second-order valence-electron chi connectivity index (χ2n) is 10.4. The molecule has 0 saturated carbocycles. The van der Waals surface area contributed by atoms with Crippen molar-refractivity contribution in [3.8, 4) is 0 Å². The number of unbranched alkanes of at least 4 members (excludes halogenated alkanes) is 10. The van der Waals surface area contributed by atoms with Gasteiger partial charge >= 0.3 is 5.97 Å². The number of aromatic nitrogens is 1. The van der Waals surface area contributed by atoms with E-state index in [2.05, 4.69) is 30.7 Å². The van der Waals surface area contributed by atoms with E-state index in [4.69, 9.17) is 14.9 Å². The Hall–Kier alpha value is -2.08. The van der Waals surface area contributed by atoms with Gasteiger partial charge < -0.3 is 25.2 Å². The van der Waals surface area contributed by atoms with Gasteiger partial charge in [0.15, 0.2) is 0 Å². The largest absolute Gasteiger partial charge is 0.463 e. The normalized spacial score (nSPS) is 16.8. The van der Waals surface area contributed by atoms with Gasteiger partial charge in [0.25, 0.3) is 0 Å². The van der Waals surface area contributed by atoms with Gasteiger partial charge in [-0.15, -0.1) is 0 Å². The molecule has 1 fully saturated rings. The molecule has 2 rings (SSSR count). The van der Waals surface area contributed by atoms with Gasteiger partial charge in [-0.1, -0.05) is 105 Å². The minimum atomic E-state index is -0.0875. The number of rotatable bonds is 19. The molecule has 1 aromatic heterocycles. The molecule has 1 saturated heterocycles. The van der Waals surface area contributed by atoms with Crippen LogP contribution in [-0.4, -0.2) is 36.9 Å². The maximum Gasteiger partial charge on any atom is 0.305 e. The Bertz CT molecular complexity index is 746. The van der Waals surface area contributed by atoms with Gasteiger partial charge in [0.1, 0.15) is 6.61 Å². The van der Waals surface area contributed by atoms with Crippen molar-refractivity contribution in [3.63, 3.8) is 0 Å². The summed E-state index contributed by atoms with van der Waals surface area (Å²) < 4.78 is 11.5. The van der Waals surface area contributed by atoms with Crippen LogP contribution in [0.2, 0.25) is 0 Å². The molecule has 0 amide bonds. The summed E-state index contributed by atoms with van der Waals surface area (Å²) in [5.41, 5.74) is 2.89. The number of hydrogen-bond donors (Lipinski definition) is 3. The first-order valence-corrected chi connectivity index (χ1v) is 15.8. The third-order valence-electron chi connectivity index (χ3n) is 7.13. The Morgan fingerprint density at radius 3 is 2.18 bits per heavy atom. The number of ether oxygens (including phenoxy) is 2.